The minimum absolute atomic E-state index is 0.833. The van der Waals surface area contributed by atoms with Gasteiger partial charge in [0.05, 0.1) is 11.4 Å². The molecule has 1 aliphatic heterocycles. The van der Waals surface area contributed by atoms with Crippen molar-refractivity contribution in [3.63, 3.8) is 0 Å². The van der Waals surface area contributed by atoms with Gasteiger partial charge in [0.1, 0.15) is 0 Å². The molecule has 0 amide bonds. The van der Waals surface area contributed by atoms with E-state index >= 15 is 0 Å². The second kappa shape index (κ2) is 13.6. The average molecular weight is 670 g/mol. The zero-order valence-electron chi connectivity index (χ0n) is 29.1. The highest BCUT2D eigenvalue weighted by molar-refractivity contribution is 5.98. The maximum atomic E-state index is 4.76. The molecule has 0 fully saturated rings. The van der Waals surface area contributed by atoms with Gasteiger partial charge in [-0.2, -0.15) is 0 Å². The SMILES string of the molecule is C=C1/C2=C\CCN(c3cc(N(c4ccccc4)c4ccccc4)cc(N(c4ccccc4)c4ccccc4)c3)c3cccc(c31)-c1ccccc1C2. The first-order chi connectivity index (χ1) is 25.7. The zero-order valence-corrected chi connectivity index (χ0v) is 29.1. The molecule has 250 valence electrons. The van der Waals surface area contributed by atoms with Crippen molar-refractivity contribution >= 4 is 51.1 Å². The molecule has 3 nitrogen and oxygen atoms in total. The van der Waals surface area contributed by atoms with Crippen molar-refractivity contribution in [1.29, 1.82) is 0 Å². The highest BCUT2D eigenvalue weighted by Gasteiger charge is 2.28. The Morgan fingerprint density at radius 2 is 0.942 bits per heavy atom. The highest BCUT2D eigenvalue weighted by Crippen LogP contribution is 2.49. The molecule has 0 radical (unpaired) electrons. The Balaban J connectivity index is 1.31. The summed E-state index contributed by atoms with van der Waals surface area (Å²) in [7, 11) is 0. The summed E-state index contributed by atoms with van der Waals surface area (Å²) in [4.78, 5) is 7.24. The summed E-state index contributed by atoms with van der Waals surface area (Å²) in [6.07, 6.45) is 4.22. The van der Waals surface area contributed by atoms with Crippen molar-refractivity contribution in [3.05, 3.63) is 211 Å². The van der Waals surface area contributed by atoms with Gasteiger partial charge in [-0.15, -0.1) is 0 Å². The largest absolute Gasteiger partial charge is 0.341 e. The molecule has 2 aliphatic rings. The number of anilines is 8. The summed E-state index contributed by atoms with van der Waals surface area (Å²) >= 11 is 0. The van der Waals surface area contributed by atoms with Crippen LogP contribution >= 0.6 is 0 Å². The number of hydrogen-bond acceptors (Lipinski definition) is 3. The first kappa shape index (κ1) is 31.4. The van der Waals surface area contributed by atoms with Gasteiger partial charge in [0.15, 0.2) is 0 Å². The third-order valence-electron chi connectivity index (χ3n) is 10.2. The zero-order chi connectivity index (χ0) is 34.9. The minimum Gasteiger partial charge on any atom is -0.341 e. The van der Waals surface area contributed by atoms with Crippen LogP contribution in [0.5, 0.6) is 0 Å². The van der Waals surface area contributed by atoms with Gasteiger partial charge in [0, 0.05) is 46.2 Å². The fourth-order valence-electron chi connectivity index (χ4n) is 7.86. The lowest BCUT2D eigenvalue weighted by Gasteiger charge is -2.34. The summed E-state index contributed by atoms with van der Waals surface area (Å²) in [5.74, 6) is 0. The second-order valence-electron chi connectivity index (χ2n) is 13.4. The molecule has 0 N–H and O–H groups in total. The van der Waals surface area contributed by atoms with Crippen molar-refractivity contribution in [2.75, 3.05) is 21.2 Å². The Hall–Kier alpha value is -6.58. The molecule has 0 unspecified atom stereocenters. The van der Waals surface area contributed by atoms with Gasteiger partial charge < -0.3 is 14.7 Å². The molecule has 7 aromatic carbocycles. The highest BCUT2D eigenvalue weighted by atomic mass is 15.2. The number of allylic oxidation sites excluding steroid dienone is 2. The number of fused-ring (bicyclic) bond motifs is 3. The van der Waals surface area contributed by atoms with E-state index in [4.69, 9.17) is 6.58 Å². The quantitative estimate of drug-likeness (QED) is 0.167. The van der Waals surface area contributed by atoms with E-state index < -0.39 is 0 Å². The van der Waals surface area contributed by atoms with Gasteiger partial charge in [-0.25, -0.2) is 0 Å². The Kier molecular flexibility index (Phi) is 8.22. The van der Waals surface area contributed by atoms with Crippen LogP contribution in [0.1, 0.15) is 17.5 Å². The van der Waals surface area contributed by atoms with Gasteiger partial charge in [-0.05, 0) is 113 Å². The monoisotopic (exact) mass is 669 g/mol. The molecule has 0 saturated carbocycles. The maximum absolute atomic E-state index is 4.76. The van der Waals surface area contributed by atoms with Crippen molar-refractivity contribution in [3.8, 4) is 11.1 Å². The smallest absolute Gasteiger partial charge is 0.0503 e. The molecule has 1 heterocycles. The molecule has 0 aromatic heterocycles. The van der Waals surface area contributed by atoms with Crippen LogP contribution in [0, 0.1) is 0 Å². The van der Waals surface area contributed by atoms with Gasteiger partial charge in [-0.1, -0.05) is 122 Å². The summed E-state index contributed by atoms with van der Waals surface area (Å²) in [5, 5.41) is 0. The van der Waals surface area contributed by atoms with Crippen LogP contribution in [-0.2, 0) is 6.42 Å². The molecule has 0 spiro atoms. The fourth-order valence-corrected chi connectivity index (χ4v) is 7.86. The molecule has 9 rings (SSSR count). The van der Waals surface area contributed by atoms with E-state index in [-0.39, 0.29) is 0 Å². The molecule has 3 heteroatoms. The van der Waals surface area contributed by atoms with Crippen LogP contribution in [0.25, 0.3) is 16.7 Å². The Morgan fingerprint density at radius 3 is 1.48 bits per heavy atom. The van der Waals surface area contributed by atoms with E-state index in [0.29, 0.717) is 0 Å². The van der Waals surface area contributed by atoms with Crippen LogP contribution < -0.4 is 14.7 Å². The molecule has 52 heavy (non-hydrogen) atoms. The van der Waals surface area contributed by atoms with Crippen LogP contribution in [0.4, 0.5) is 45.5 Å². The van der Waals surface area contributed by atoms with Crippen LogP contribution in [-0.4, -0.2) is 6.54 Å². The lowest BCUT2D eigenvalue weighted by Crippen LogP contribution is -2.22. The van der Waals surface area contributed by atoms with Crippen molar-refractivity contribution in [2.24, 2.45) is 0 Å². The van der Waals surface area contributed by atoms with Crippen LogP contribution in [0.15, 0.2) is 200 Å². The normalized spacial score (nSPS) is 14.3. The topological polar surface area (TPSA) is 9.72 Å². The van der Waals surface area contributed by atoms with E-state index in [1.54, 1.807) is 0 Å². The summed E-state index contributed by atoms with van der Waals surface area (Å²) in [5.41, 5.74) is 16.4. The predicted molar refractivity (Wildman–Crippen MR) is 220 cm³/mol. The van der Waals surface area contributed by atoms with Gasteiger partial charge in [0.25, 0.3) is 0 Å². The van der Waals surface area contributed by atoms with Crippen LogP contribution in [0.2, 0.25) is 0 Å². The summed E-state index contributed by atoms with van der Waals surface area (Å²) < 4.78 is 0. The first-order valence-electron chi connectivity index (χ1n) is 18.1. The number of nitrogens with zero attached hydrogens (tertiary/aromatic N) is 3. The lowest BCUT2D eigenvalue weighted by molar-refractivity contribution is 0.926. The minimum atomic E-state index is 0.833. The molecule has 0 saturated heterocycles. The van der Waals surface area contributed by atoms with Gasteiger partial charge in [0.2, 0.25) is 0 Å². The summed E-state index contributed by atoms with van der Waals surface area (Å²) in [6, 6.07) is 65.4. The second-order valence-corrected chi connectivity index (χ2v) is 13.4. The van der Waals surface area contributed by atoms with E-state index in [1.807, 2.05) is 0 Å². The third-order valence-corrected chi connectivity index (χ3v) is 10.2. The number of para-hydroxylation sites is 4. The van der Waals surface area contributed by atoms with E-state index in [9.17, 15) is 0 Å². The summed E-state index contributed by atoms with van der Waals surface area (Å²) in [6.45, 7) is 5.59. The molecule has 1 aliphatic carbocycles. The van der Waals surface area contributed by atoms with Crippen molar-refractivity contribution in [2.45, 2.75) is 12.8 Å². The molecular weight excluding hydrogens is 631 g/mol. The molecule has 2 bridgehead atoms. The van der Waals surface area contributed by atoms with E-state index in [2.05, 4.69) is 203 Å². The standard InChI is InChI=1S/C49H39N3/c1-36-37-19-17-31-50(48-30-16-29-47(49(36)48)46-28-15-14-18-38(46)32-37)43-33-44(51(39-20-6-2-7-21-39)40-22-8-3-9-23-40)35-45(34-43)52(41-24-10-4-11-25-41)42-26-12-5-13-27-42/h2-16,18-30,33-35H,1,17,31-32H2/b37-19-. The Bertz CT molecular complexity index is 2220. The maximum Gasteiger partial charge on any atom is 0.0503 e. The van der Waals surface area contributed by atoms with Gasteiger partial charge in [-0.3, -0.25) is 0 Å². The van der Waals surface area contributed by atoms with E-state index in [0.717, 1.165) is 64.8 Å². The fraction of sp³-hybridized carbons (Fsp3) is 0.0612. The van der Waals surface area contributed by atoms with E-state index in [1.165, 1.54) is 33.5 Å². The van der Waals surface area contributed by atoms with Crippen LogP contribution in [0.3, 0.4) is 0 Å². The number of benzene rings is 7. The Labute approximate surface area is 306 Å². The number of rotatable bonds is 7. The third kappa shape index (κ3) is 5.76. The van der Waals surface area contributed by atoms with Gasteiger partial charge >= 0.3 is 0 Å². The molecule has 0 atom stereocenters. The first-order valence-corrected chi connectivity index (χ1v) is 18.1. The van der Waals surface area contributed by atoms with Crippen molar-refractivity contribution in [1.82, 2.24) is 0 Å². The molecular formula is C49H39N3. The van der Waals surface area contributed by atoms with Crippen molar-refractivity contribution < 1.29 is 0 Å². The predicted octanol–water partition coefficient (Wildman–Crippen LogP) is 13.3. The molecule has 7 aromatic rings. The lowest BCUT2D eigenvalue weighted by atomic mass is 9.90. The number of hydrogen-bond donors (Lipinski definition) is 0. The Morgan fingerprint density at radius 1 is 0.462 bits per heavy atom. The average Bonchev–Trinajstić information content (AvgIpc) is 3.32.